The van der Waals surface area contributed by atoms with Crippen LogP contribution in [0, 0.1) is 0 Å². The number of nitrogens with zero attached hydrogens (tertiary/aromatic N) is 3. The summed E-state index contributed by atoms with van der Waals surface area (Å²) in [6.45, 7) is 4.09. The molecular weight excluding hydrogens is 264 g/mol. The maximum absolute atomic E-state index is 12.3. The lowest BCUT2D eigenvalue weighted by atomic mass is 10.1. The van der Waals surface area contributed by atoms with Crippen molar-refractivity contribution >= 4 is 17.3 Å². The lowest BCUT2D eigenvalue weighted by Gasteiger charge is -2.37. The van der Waals surface area contributed by atoms with Crippen molar-refractivity contribution in [2.24, 2.45) is 0 Å². The van der Waals surface area contributed by atoms with Gasteiger partial charge in [-0.1, -0.05) is 0 Å². The molecule has 1 aromatic carbocycles. The molecule has 0 unspecified atom stereocenters. The van der Waals surface area contributed by atoms with Gasteiger partial charge in [0.05, 0.1) is 11.3 Å². The minimum absolute atomic E-state index is 0.0367. The van der Waals surface area contributed by atoms with Crippen molar-refractivity contribution in [2.75, 3.05) is 50.9 Å². The highest BCUT2D eigenvalue weighted by Gasteiger charge is 2.32. The van der Waals surface area contributed by atoms with Crippen molar-refractivity contribution in [3.8, 4) is 0 Å². The van der Waals surface area contributed by atoms with Crippen LogP contribution in [0.25, 0.3) is 0 Å². The molecule has 0 atom stereocenters. The normalized spacial score (nSPS) is 19.6. The van der Waals surface area contributed by atoms with Gasteiger partial charge in [-0.15, -0.1) is 0 Å². The van der Waals surface area contributed by atoms with E-state index >= 15 is 0 Å². The van der Waals surface area contributed by atoms with Crippen LogP contribution in [0.4, 0.5) is 11.4 Å². The number of piperazine rings is 1. The highest BCUT2D eigenvalue weighted by Crippen LogP contribution is 2.30. The van der Waals surface area contributed by atoms with Gasteiger partial charge in [0.1, 0.15) is 0 Å². The van der Waals surface area contributed by atoms with Gasteiger partial charge in [-0.05, 0) is 31.0 Å². The van der Waals surface area contributed by atoms with Gasteiger partial charge in [0.2, 0.25) is 0 Å². The Kier molecular flexibility index (Phi) is 3.76. The van der Waals surface area contributed by atoms with E-state index in [4.69, 9.17) is 5.73 Å². The summed E-state index contributed by atoms with van der Waals surface area (Å²) in [7, 11) is 3.57. The van der Waals surface area contributed by atoms with E-state index in [2.05, 4.69) is 9.80 Å². The molecule has 1 saturated carbocycles. The van der Waals surface area contributed by atoms with Crippen molar-refractivity contribution in [1.82, 2.24) is 9.80 Å². The van der Waals surface area contributed by atoms with E-state index < -0.39 is 0 Å². The van der Waals surface area contributed by atoms with Crippen LogP contribution in [0.15, 0.2) is 18.2 Å². The summed E-state index contributed by atoms with van der Waals surface area (Å²) < 4.78 is 0. The Balaban J connectivity index is 1.80. The number of carbonyl (C=O) groups excluding carboxylic acids is 1. The Morgan fingerprint density at radius 3 is 2.43 bits per heavy atom. The van der Waals surface area contributed by atoms with Crippen LogP contribution < -0.4 is 10.6 Å². The molecule has 1 aliphatic heterocycles. The van der Waals surface area contributed by atoms with Gasteiger partial charge in [-0.2, -0.15) is 0 Å². The fourth-order valence-electron chi connectivity index (χ4n) is 3.00. The molecule has 2 N–H and O–H groups in total. The molecule has 1 amide bonds. The monoisotopic (exact) mass is 288 g/mol. The summed E-state index contributed by atoms with van der Waals surface area (Å²) in [6.07, 6.45) is 2.70. The lowest BCUT2D eigenvalue weighted by molar-refractivity contribution is 0.0828. The summed E-state index contributed by atoms with van der Waals surface area (Å²) >= 11 is 0. The van der Waals surface area contributed by atoms with Gasteiger partial charge in [0, 0.05) is 52.0 Å². The molecule has 1 heterocycles. The van der Waals surface area contributed by atoms with Crippen LogP contribution in [0.1, 0.15) is 23.2 Å². The lowest BCUT2D eigenvalue weighted by Crippen LogP contribution is -2.47. The first kappa shape index (κ1) is 14.2. The zero-order valence-corrected chi connectivity index (χ0v) is 12.9. The average molecular weight is 288 g/mol. The van der Waals surface area contributed by atoms with E-state index in [1.165, 1.54) is 12.8 Å². The van der Waals surface area contributed by atoms with Crippen molar-refractivity contribution < 1.29 is 4.79 Å². The standard InChI is InChI=1S/C16H24N4O/c1-18(2)16(21)14-6-3-12(17)11-15(14)20-9-7-19(8-10-20)13-4-5-13/h3,6,11,13H,4-5,7-10,17H2,1-2H3. The number of hydrogen-bond donors (Lipinski definition) is 1. The minimum atomic E-state index is 0.0367. The van der Waals surface area contributed by atoms with E-state index in [0.717, 1.165) is 43.5 Å². The molecule has 21 heavy (non-hydrogen) atoms. The number of carbonyl (C=O) groups is 1. The topological polar surface area (TPSA) is 52.8 Å². The molecule has 0 spiro atoms. The number of anilines is 2. The Bertz CT molecular complexity index is 531. The van der Waals surface area contributed by atoms with Gasteiger partial charge >= 0.3 is 0 Å². The number of rotatable bonds is 3. The smallest absolute Gasteiger partial charge is 0.255 e. The van der Waals surface area contributed by atoms with Gasteiger partial charge in [0.25, 0.3) is 5.91 Å². The molecule has 1 aromatic rings. The first-order valence-corrected chi connectivity index (χ1v) is 7.66. The molecule has 2 aliphatic rings. The molecule has 114 valence electrons. The Morgan fingerprint density at radius 1 is 1.19 bits per heavy atom. The number of amides is 1. The Morgan fingerprint density at radius 2 is 1.86 bits per heavy atom. The molecular formula is C16H24N4O. The average Bonchev–Trinajstić information content (AvgIpc) is 3.31. The quantitative estimate of drug-likeness (QED) is 0.851. The third-order valence-corrected chi connectivity index (χ3v) is 4.38. The summed E-state index contributed by atoms with van der Waals surface area (Å²) in [6, 6.07) is 6.40. The Labute approximate surface area is 126 Å². The largest absolute Gasteiger partial charge is 0.399 e. The van der Waals surface area contributed by atoms with Crippen molar-refractivity contribution in [1.29, 1.82) is 0 Å². The highest BCUT2D eigenvalue weighted by molar-refractivity contribution is 6.00. The molecule has 1 aliphatic carbocycles. The second kappa shape index (κ2) is 5.56. The fraction of sp³-hybridized carbons (Fsp3) is 0.562. The third-order valence-electron chi connectivity index (χ3n) is 4.38. The van der Waals surface area contributed by atoms with Crippen LogP contribution >= 0.6 is 0 Å². The predicted octanol–water partition coefficient (Wildman–Crippen LogP) is 1.25. The fourth-order valence-corrected chi connectivity index (χ4v) is 3.00. The van der Waals surface area contributed by atoms with Crippen molar-refractivity contribution in [3.63, 3.8) is 0 Å². The number of nitrogen functional groups attached to an aromatic ring is 1. The van der Waals surface area contributed by atoms with Gasteiger partial charge in [-0.25, -0.2) is 0 Å². The van der Waals surface area contributed by atoms with E-state index in [9.17, 15) is 4.79 Å². The SMILES string of the molecule is CN(C)C(=O)c1ccc(N)cc1N1CCN(C2CC2)CC1. The second-order valence-corrected chi connectivity index (χ2v) is 6.23. The van der Waals surface area contributed by atoms with Crippen LogP contribution in [0.5, 0.6) is 0 Å². The minimum Gasteiger partial charge on any atom is -0.399 e. The second-order valence-electron chi connectivity index (χ2n) is 6.23. The highest BCUT2D eigenvalue weighted by atomic mass is 16.2. The van der Waals surface area contributed by atoms with Gasteiger partial charge in [-0.3, -0.25) is 9.69 Å². The number of benzene rings is 1. The molecule has 0 radical (unpaired) electrons. The van der Waals surface area contributed by atoms with E-state index in [1.54, 1.807) is 25.1 Å². The summed E-state index contributed by atoms with van der Waals surface area (Å²) in [5, 5.41) is 0. The molecule has 0 aromatic heterocycles. The van der Waals surface area contributed by atoms with Crippen LogP contribution in [-0.2, 0) is 0 Å². The van der Waals surface area contributed by atoms with E-state index in [1.807, 2.05) is 12.1 Å². The molecule has 2 fully saturated rings. The zero-order chi connectivity index (χ0) is 15.0. The predicted molar refractivity (Wildman–Crippen MR) is 85.7 cm³/mol. The van der Waals surface area contributed by atoms with E-state index in [0.29, 0.717) is 5.69 Å². The van der Waals surface area contributed by atoms with Gasteiger partial charge < -0.3 is 15.5 Å². The molecule has 5 heteroatoms. The summed E-state index contributed by atoms with van der Waals surface area (Å²) in [5.74, 6) is 0.0367. The first-order chi connectivity index (χ1) is 10.1. The maximum Gasteiger partial charge on any atom is 0.255 e. The van der Waals surface area contributed by atoms with E-state index in [-0.39, 0.29) is 5.91 Å². The summed E-state index contributed by atoms with van der Waals surface area (Å²) in [5.41, 5.74) is 8.37. The van der Waals surface area contributed by atoms with Crippen molar-refractivity contribution in [3.05, 3.63) is 23.8 Å². The first-order valence-electron chi connectivity index (χ1n) is 7.66. The Hall–Kier alpha value is -1.75. The van der Waals surface area contributed by atoms with Crippen LogP contribution in [0.2, 0.25) is 0 Å². The molecule has 0 bridgehead atoms. The third kappa shape index (κ3) is 2.97. The van der Waals surface area contributed by atoms with Crippen molar-refractivity contribution in [2.45, 2.75) is 18.9 Å². The zero-order valence-electron chi connectivity index (χ0n) is 12.9. The number of hydrogen-bond acceptors (Lipinski definition) is 4. The number of nitrogens with two attached hydrogens (primary N) is 1. The summed E-state index contributed by atoms with van der Waals surface area (Å²) in [4.78, 5) is 18.8. The molecule has 1 saturated heterocycles. The van der Waals surface area contributed by atoms with Gasteiger partial charge in [0.15, 0.2) is 0 Å². The van der Waals surface area contributed by atoms with Crippen LogP contribution in [-0.4, -0.2) is 62.0 Å². The molecule has 5 nitrogen and oxygen atoms in total. The maximum atomic E-state index is 12.3. The molecule has 3 rings (SSSR count). The van der Waals surface area contributed by atoms with Crippen LogP contribution in [0.3, 0.4) is 0 Å².